The van der Waals surface area contributed by atoms with Gasteiger partial charge in [-0.2, -0.15) is 0 Å². The topological polar surface area (TPSA) is 38.3 Å². The second kappa shape index (κ2) is 7.04. The number of hydrogen-bond donors (Lipinski definition) is 1. The largest absolute Gasteiger partial charge is 0.495 e. The van der Waals surface area contributed by atoms with E-state index in [1.165, 1.54) is 0 Å². The zero-order valence-corrected chi connectivity index (χ0v) is 11.7. The van der Waals surface area contributed by atoms with Gasteiger partial charge in [0.25, 0.3) is 0 Å². The van der Waals surface area contributed by atoms with Crippen molar-refractivity contribution in [2.24, 2.45) is 5.92 Å². The summed E-state index contributed by atoms with van der Waals surface area (Å²) in [7, 11) is 1.66. The van der Waals surface area contributed by atoms with Crippen LogP contribution in [0.25, 0.3) is 0 Å². The Bertz CT molecular complexity index is 388. The van der Waals surface area contributed by atoms with Crippen LogP contribution >= 0.6 is 0 Å². The third kappa shape index (κ3) is 4.78. The van der Waals surface area contributed by atoms with Crippen molar-refractivity contribution in [1.29, 1.82) is 0 Å². The fourth-order valence-electron chi connectivity index (χ4n) is 2.09. The van der Waals surface area contributed by atoms with E-state index in [4.69, 9.17) is 4.74 Å². The van der Waals surface area contributed by atoms with Crippen LogP contribution in [-0.4, -0.2) is 18.9 Å². The highest BCUT2D eigenvalue weighted by Crippen LogP contribution is 2.25. The van der Waals surface area contributed by atoms with Crippen LogP contribution in [0.2, 0.25) is 0 Å². The standard InChI is InChI=1S/C15H23NO2/c1-11(2)9-13(10-12(3)17)16-14-7-5-6-8-15(14)18-4/h5-8,11,13,16H,9-10H2,1-4H3/t13-/m1/s1. The van der Waals surface area contributed by atoms with Crippen molar-refractivity contribution in [3.05, 3.63) is 24.3 Å². The Kier molecular flexibility index (Phi) is 5.69. The fraction of sp³-hybridized carbons (Fsp3) is 0.533. The quantitative estimate of drug-likeness (QED) is 0.803. The minimum Gasteiger partial charge on any atom is -0.495 e. The molecule has 0 radical (unpaired) electrons. The number of methoxy groups -OCH3 is 1. The molecule has 0 fully saturated rings. The number of nitrogens with one attached hydrogen (secondary N) is 1. The molecule has 0 bridgehead atoms. The molecule has 0 aliphatic carbocycles. The Morgan fingerprint density at radius 3 is 2.56 bits per heavy atom. The smallest absolute Gasteiger partial charge is 0.141 e. The van der Waals surface area contributed by atoms with Gasteiger partial charge in [0.2, 0.25) is 0 Å². The molecule has 0 saturated carbocycles. The molecule has 1 aromatic carbocycles. The number of rotatable bonds is 7. The third-order valence-electron chi connectivity index (χ3n) is 2.76. The van der Waals surface area contributed by atoms with Crippen LogP contribution in [0.5, 0.6) is 5.75 Å². The highest BCUT2D eigenvalue weighted by molar-refractivity contribution is 5.76. The summed E-state index contributed by atoms with van der Waals surface area (Å²) < 4.78 is 5.31. The molecule has 18 heavy (non-hydrogen) atoms. The monoisotopic (exact) mass is 249 g/mol. The molecule has 0 spiro atoms. The maximum absolute atomic E-state index is 11.3. The molecule has 0 aromatic heterocycles. The number of Topliss-reactive ketones (excluding diaryl/α,β-unsaturated/α-hetero) is 1. The molecular weight excluding hydrogens is 226 g/mol. The summed E-state index contributed by atoms with van der Waals surface area (Å²) in [5.41, 5.74) is 0.951. The Morgan fingerprint density at radius 2 is 2.00 bits per heavy atom. The first kappa shape index (κ1) is 14.6. The van der Waals surface area contributed by atoms with Gasteiger partial charge in [-0.05, 0) is 31.4 Å². The van der Waals surface area contributed by atoms with Gasteiger partial charge in [0.15, 0.2) is 0 Å². The lowest BCUT2D eigenvalue weighted by Crippen LogP contribution is -2.24. The normalized spacial score (nSPS) is 12.3. The van der Waals surface area contributed by atoms with Crippen molar-refractivity contribution in [3.63, 3.8) is 0 Å². The fourth-order valence-corrected chi connectivity index (χ4v) is 2.09. The molecule has 0 saturated heterocycles. The molecule has 0 aliphatic heterocycles. The lowest BCUT2D eigenvalue weighted by molar-refractivity contribution is -0.117. The zero-order valence-electron chi connectivity index (χ0n) is 11.7. The van der Waals surface area contributed by atoms with E-state index in [1.807, 2.05) is 24.3 Å². The zero-order chi connectivity index (χ0) is 13.5. The molecule has 0 heterocycles. The number of carbonyl (C=O) groups is 1. The van der Waals surface area contributed by atoms with Crippen LogP contribution in [0.4, 0.5) is 5.69 Å². The van der Waals surface area contributed by atoms with Gasteiger partial charge in [-0.25, -0.2) is 0 Å². The van der Waals surface area contributed by atoms with Crippen molar-refractivity contribution < 1.29 is 9.53 Å². The molecule has 1 atom stereocenters. The van der Waals surface area contributed by atoms with E-state index < -0.39 is 0 Å². The first-order valence-corrected chi connectivity index (χ1v) is 6.42. The van der Waals surface area contributed by atoms with E-state index >= 15 is 0 Å². The van der Waals surface area contributed by atoms with Gasteiger partial charge in [0.05, 0.1) is 12.8 Å². The van der Waals surface area contributed by atoms with Gasteiger partial charge >= 0.3 is 0 Å². The van der Waals surface area contributed by atoms with E-state index in [-0.39, 0.29) is 11.8 Å². The van der Waals surface area contributed by atoms with E-state index in [0.29, 0.717) is 12.3 Å². The van der Waals surface area contributed by atoms with Crippen molar-refractivity contribution in [3.8, 4) is 5.75 Å². The molecule has 0 aliphatic rings. The maximum atomic E-state index is 11.3. The summed E-state index contributed by atoms with van der Waals surface area (Å²) in [6, 6.07) is 7.96. The molecule has 1 rings (SSSR count). The van der Waals surface area contributed by atoms with E-state index in [9.17, 15) is 4.79 Å². The van der Waals surface area contributed by atoms with Crippen LogP contribution in [-0.2, 0) is 4.79 Å². The van der Waals surface area contributed by atoms with Gasteiger partial charge in [0.1, 0.15) is 11.5 Å². The van der Waals surface area contributed by atoms with Gasteiger partial charge in [-0.3, -0.25) is 4.79 Å². The lowest BCUT2D eigenvalue weighted by atomic mass is 9.99. The highest BCUT2D eigenvalue weighted by atomic mass is 16.5. The van der Waals surface area contributed by atoms with Crippen LogP contribution in [0.15, 0.2) is 24.3 Å². The van der Waals surface area contributed by atoms with E-state index in [2.05, 4.69) is 19.2 Å². The lowest BCUT2D eigenvalue weighted by Gasteiger charge is -2.22. The number of hydrogen-bond acceptors (Lipinski definition) is 3. The first-order valence-electron chi connectivity index (χ1n) is 6.42. The number of benzene rings is 1. The SMILES string of the molecule is COc1ccccc1N[C@@H](CC(C)=O)CC(C)C. The molecule has 3 nitrogen and oxygen atoms in total. The summed E-state index contributed by atoms with van der Waals surface area (Å²) in [6.45, 7) is 5.96. The molecule has 1 aromatic rings. The number of para-hydroxylation sites is 2. The molecule has 3 heteroatoms. The minimum atomic E-state index is 0.166. The van der Waals surface area contributed by atoms with Crippen molar-refractivity contribution in [2.75, 3.05) is 12.4 Å². The van der Waals surface area contributed by atoms with Gasteiger partial charge in [-0.1, -0.05) is 26.0 Å². The summed E-state index contributed by atoms with van der Waals surface area (Å²) >= 11 is 0. The maximum Gasteiger partial charge on any atom is 0.141 e. The molecular formula is C15H23NO2. The molecule has 1 N–H and O–H groups in total. The average Bonchev–Trinajstić information content (AvgIpc) is 2.27. The molecule has 100 valence electrons. The Morgan fingerprint density at radius 1 is 1.33 bits per heavy atom. The third-order valence-corrected chi connectivity index (χ3v) is 2.76. The number of ether oxygens (including phenoxy) is 1. The van der Waals surface area contributed by atoms with Crippen molar-refractivity contribution in [2.45, 2.75) is 39.7 Å². The van der Waals surface area contributed by atoms with Crippen molar-refractivity contribution in [1.82, 2.24) is 0 Å². The Labute approximate surface area is 110 Å². The highest BCUT2D eigenvalue weighted by Gasteiger charge is 2.14. The van der Waals surface area contributed by atoms with E-state index in [0.717, 1.165) is 17.9 Å². The number of carbonyl (C=O) groups excluding carboxylic acids is 1. The van der Waals surface area contributed by atoms with Gasteiger partial charge in [-0.15, -0.1) is 0 Å². The molecule has 0 unspecified atom stereocenters. The Hall–Kier alpha value is -1.51. The second-order valence-corrected chi connectivity index (χ2v) is 5.08. The summed E-state index contributed by atoms with van der Waals surface area (Å²) in [6.07, 6.45) is 1.52. The predicted molar refractivity (Wildman–Crippen MR) is 75.2 cm³/mol. The van der Waals surface area contributed by atoms with E-state index in [1.54, 1.807) is 14.0 Å². The predicted octanol–water partition coefficient (Wildman–Crippen LogP) is 3.50. The van der Waals surface area contributed by atoms with Gasteiger partial charge in [0, 0.05) is 12.5 Å². The second-order valence-electron chi connectivity index (χ2n) is 5.08. The summed E-state index contributed by atoms with van der Waals surface area (Å²) in [5.74, 6) is 1.58. The van der Waals surface area contributed by atoms with Crippen LogP contribution in [0.3, 0.4) is 0 Å². The van der Waals surface area contributed by atoms with Gasteiger partial charge < -0.3 is 10.1 Å². The van der Waals surface area contributed by atoms with Crippen LogP contribution < -0.4 is 10.1 Å². The number of anilines is 1. The molecule has 0 amide bonds. The first-order chi connectivity index (χ1) is 8.52. The number of ketones is 1. The summed E-state index contributed by atoms with van der Waals surface area (Å²) in [4.78, 5) is 11.3. The van der Waals surface area contributed by atoms with Crippen LogP contribution in [0.1, 0.15) is 33.6 Å². The average molecular weight is 249 g/mol. The van der Waals surface area contributed by atoms with Crippen LogP contribution in [0, 0.1) is 5.92 Å². The van der Waals surface area contributed by atoms with Crippen molar-refractivity contribution >= 4 is 11.5 Å². The summed E-state index contributed by atoms with van der Waals surface area (Å²) in [5, 5.41) is 3.42. The minimum absolute atomic E-state index is 0.166. The Balaban J connectivity index is 2.77.